The second kappa shape index (κ2) is 9.23. The smallest absolute Gasteiger partial charge is 0.243 e. The van der Waals surface area contributed by atoms with E-state index in [1.165, 1.54) is 4.31 Å². The summed E-state index contributed by atoms with van der Waals surface area (Å²) in [5.41, 5.74) is 1.41. The quantitative estimate of drug-likeness (QED) is 0.518. The number of benzene rings is 1. The average molecular weight is 494 g/mol. The molecular weight excluding hydrogens is 470 g/mol. The standard InChI is InChI=1S/C20H24BrN5O3S/c1-4-26(5-2)30(28,29)15-7-8-17-16(12-15)23-19(25(17)3)10-11-20(27)24-18-9-6-14(21)13-22-18/h6-9,12-13H,4-5,10-11H2,1-3H3,(H,22,24,27). The van der Waals surface area contributed by atoms with Crippen molar-refractivity contribution in [3.05, 3.63) is 46.8 Å². The van der Waals surface area contributed by atoms with E-state index < -0.39 is 10.0 Å². The number of rotatable bonds is 8. The molecule has 1 amide bonds. The number of aryl methyl sites for hydroxylation is 2. The van der Waals surface area contributed by atoms with E-state index in [0.29, 0.717) is 36.7 Å². The SMILES string of the molecule is CCN(CC)S(=O)(=O)c1ccc2c(c1)nc(CCC(=O)Nc1ccc(Br)cn1)n2C. The van der Waals surface area contributed by atoms with Crippen LogP contribution in [0, 0.1) is 0 Å². The molecule has 1 N–H and O–H groups in total. The molecule has 1 aromatic carbocycles. The summed E-state index contributed by atoms with van der Waals surface area (Å²) in [6, 6.07) is 8.48. The molecule has 8 nitrogen and oxygen atoms in total. The van der Waals surface area contributed by atoms with Crippen molar-refractivity contribution in [2.75, 3.05) is 18.4 Å². The van der Waals surface area contributed by atoms with Gasteiger partial charge in [0.05, 0.1) is 15.9 Å². The van der Waals surface area contributed by atoms with Gasteiger partial charge >= 0.3 is 0 Å². The molecule has 0 spiro atoms. The molecule has 3 aromatic rings. The number of fused-ring (bicyclic) bond motifs is 1. The number of sulfonamides is 1. The molecule has 0 bridgehead atoms. The first-order chi connectivity index (χ1) is 14.3. The molecule has 0 saturated heterocycles. The molecule has 3 rings (SSSR count). The summed E-state index contributed by atoms with van der Waals surface area (Å²) in [5, 5.41) is 2.75. The van der Waals surface area contributed by atoms with Crippen LogP contribution in [0.4, 0.5) is 5.82 Å². The van der Waals surface area contributed by atoms with Crippen LogP contribution in [0.1, 0.15) is 26.1 Å². The fourth-order valence-corrected chi connectivity index (χ4v) is 4.92. The highest BCUT2D eigenvalue weighted by molar-refractivity contribution is 9.10. The number of hydrogen-bond acceptors (Lipinski definition) is 5. The first-order valence-corrected chi connectivity index (χ1v) is 11.9. The van der Waals surface area contributed by atoms with Gasteiger partial charge in [0, 0.05) is 43.6 Å². The van der Waals surface area contributed by atoms with E-state index in [1.807, 2.05) is 25.5 Å². The first kappa shape index (κ1) is 22.4. The number of carbonyl (C=O) groups is 1. The lowest BCUT2D eigenvalue weighted by atomic mass is 10.3. The summed E-state index contributed by atoms with van der Waals surface area (Å²) in [7, 11) is -1.69. The molecule has 0 saturated carbocycles. The lowest BCUT2D eigenvalue weighted by Crippen LogP contribution is -2.30. The van der Waals surface area contributed by atoms with Gasteiger partial charge in [-0.2, -0.15) is 4.31 Å². The zero-order valence-electron chi connectivity index (χ0n) is 17.1. The predicted octanol–water partition coefficient (Wildman–Crippen LogP) is 3.33. The molecule has 0 atom stereocenters. The normalized spacial score (nSPS) is 11.9. The third-order valence-corrected chi connectivity index (χ3v) is 7.37. The largest absolute Gasteiger partial charge is 0.331 e. The number of nitrogens with one attached hydrogen (secondary N) is 1. The van der Waals surface area contributed by atoms with Gasteiger partial charge in [-0.25, -0.2) is 18.4 Å². The molecule has 10 heteroatoms. The minimum Gasteiger partial charge on any atom is -0.331 e. The van der Waals surface area contributed by atoms with Gasteiger partial charge < -0.3 is 9.88 Å². The number of aromatic nitrogens is 3. The van der Waals surface area contributed by atoms with Crippen LogP contribution in [-0.4, -0.2) is 46.3 Å². The number of nitrogens with zero attached hydrogens (tertiary/aromatic N) is 4. The Balaban J connectivity index is 1.76. The Kier molecular flexibility index (Phi) is 6.89. The lowest BCUT2D eigenvalue weighted by molar-refractivity contribution is -0.116. The predicted molar refractivity (Wildman–Crippen MR) is 120 cm³/mol. The van der Waals surface area contributed by atoms with Crippen LogP contribution in [0.3, 0.4) is 0 Å². The summed E-state index contributed by atoms with van der Waals surface area (Å²) < 4.78 is 29.7. The first-order valence-electron chi connectivity index (χ1n) is 9.63. The highest BCUT2D eigenvalue weighted by Crippen LogP contribution is 2.23. The van der Waals surface area contributed by atoms with Crippen LogP contribution >= 0.6 is 15.9 Å². The van der Waals surface area contributed by atoms with Gasteiger partial charge in [0.25, 0.3) is 0 Å². The minimum absolute atomic E-state index is 0.165. The maximum absolute atomic E-state index is 12.8. The van der Waals surface area contributed by atoms with Gasteiger partial charge in [0.15, 0.2) is 0 Å². The topological polar surface area (TPSA) is 97.2 Å². The van der Waals surface area contributed by atoms with Crippen molar-refractivity contribution in [3.63, 3.8) is 0 Å². The Morgan fingerprint density at radius 1 is 1.20 bits per heavy atom. The second-order valence-corrected chi connectivity index (χ2v) is 9.59. The average Bonchev–Trinajstić information content (AvgIpc) is 3.04. The summed E-state index contributed by atoms with van der Waals surface area (Å²) >= 11 is 3.30. The number of pyridine rings is 1. The molecule has 0 aliphatic carbocycles. The number of carbonyl (C=O) groups excluding carboxylic acids is 1. The molecule has 2 aromatic heterocycles. The molecule has 0 unspecified atom stereocenters. The molecule has 0 fully saturated rings. The molecule has 160 valence electrons. The molecule has 0 aliphatic rings. The van der Waals surface area contributed by atoms with Crippen molar-refractivity contribution in [2.45, 2.75) is 31.6 Å². The monoisotopic (exact) mass is 493 g/mol. The van der Waals surface area contributed by atoms with Gasteiger partial charge in [0.2, 0.25) is 15.9 Å². The Morgan fingerprint density at radius 2 is 1.93 bits per heavy atom. The van der Waals surface area contributed by atoms with Crippen molar-refractivity contribution >= 4 is 48.7 Å². The highest BCUT2D eigenvalue weighted by Gasteiger charge is 2.22. The van der Waals surface area contributed by atoms with E-state index >= 15 is 0 Å². The van der Waals surface area contributed by atoms with E-state index in [4.69, 9.17) is 0 Å². The van der Waals surface area contributed by atoms with E-state index in [1.54, 1.807) is 36.5 Å². The number of halogens is 1. The Bertz CT molecular complexity index is 1160. The maximum atomic E-state index is 12.8. The zero-order valence-corrected chi connectivity index (χ0v) is 19.5. The van der Waals surface area contributed by atoms with Gasteiger partial charge in [-0.05, 0) is 46.3 Å². The number of imidazole rings is 1. The number of hydrogen-bond donors (Lipinski definition) is 1. The second-order valence-electron chi connectivity index (χ2n) is 6.74. The van der Waals surface area contributed by atoms with Gasteiger partial charge in [-0.1, -0.05) is 13.8 Å². The van der Waals surface area contributed by atoms with Crippen LogP contribution in [-0.2, 0) is 28.3 Å². The van der Waals surface area contributed by atoms with Gasteiger partial charge in [-0.15, -0.1) is 0 Å². The third-order valence-electron chi connectivity index (χ3n) is 4.86. The Labute approximate surface area is 184 Å². The molecule has 0 radical (unpaired) electrons. The molecule has 30 heavy (non-hydrogen) atoms. The molecule has 0 aliphatic heterocycles. The summed E-state index contributed by atoms with van der Waals surface area (Å²) in [5.74, 6) is 1.03. The fourth-order valence-electron chi connectivity index (χ4n) is 3.21. The van der Waals surface area contributed by atoms with E-state index in [0.717, 1.165) is 9.99 Å². The van der Waals surface area contributed by atoms with Crippen molar-refractivity contribution < 1.29 is 13.2 Å². The number of anilines is 1. The fraction of sp³-hybridized carbons (Fsp3) is 0.350. The van der Waals surface area contributed by atoms with Gasteiger partial charge in [-0.3, -0.25) is 4.79 Å². The Morgan fingerprint density at radius 3 is 2.57 bits per heavy atom. The third kappa shape index (κ3) is 4.71. The van der Waals surface area contributed by atoms with Crippen LogP contribution in [0.25, 0.3) is 11.0 Å². The highest BCUT2D eigenvalue weighted by atomic mass is 79.9. The van der Waals surface area contributed by atoms with Crippen molar-refractivity contribution in [2.24, 2.45) is 7.05 Å². The summed E-state index contributed by atoms with van der Waals surface area (Å²) in [4.78, 5) is 21.2. The van der Waals surface area contributed by atoms with E-state index in [9.17, 15) is 13.2 Å². The minimum atomic E-state index is -3.55. The lowest BCUT2D eigenvalue weighted by Gasteiger charge is -2.18. The van der Waals surface area contributed by atoms with Crippen LogP contribution < -0.4 is 5.32 Å². The van der Waals surface area contributed by atoms with E-state index in [-0.39, 0.29) is 17.2 Å². The van der Waals surface area contributed by atoms with Crippen molar-refractivity contribution in [1.29, 1.82) is 0 Å². The van der Waals surface area contributed by atoms with Crippen LogP contribution in [0.15, 0.2) is 45.9 Å². The maximum Gasteiger partial charge on any atom is 0.243 e. The van der Waals surface area contributed by atoms with Gasteiger partial charge in [0.1, 0.15) is 11.6 Å². The number of amides is 1. The molecule has 2 heterocycles. The summed E-state index contributed by atoms with van der Waals surface area (Å²) in [6.07, 6.45) is 2.27. The van der Waals surface area contributed by atoms with Crippen LogP contribution in [0.5, 0.6) is 0 Å². The van der Waals surface area contributed by atoms with E-state index in [2.05, 4.69) is 31.2 Å². The Hall–Kier alpha value is -2.30. The zero-order chi connectivity index (χ0) is 21.9. The van der Waals surface area contributed by atoms with Crippen molar-refractivity contribution in [3.8, 4) is 0 Å². The van der Waals surface area contributed by atoms with Crippen LogP contribution in [0.2, 0.25) is 0 Å². The summed E-state index contributed by atoms with van der Waals surface area (Å²) in [6.45, 7) is 4.44. The van der Waals surface area contributed by atoms with Crippen molar-refractivity contribution in [1.82, 2.24) is 18.8 Å². The molecular formula is C20H24BrN5O3S.